The Hall–Kier alpha value is -2.37. The van der Waals surface area contributed by atoms with Crippen molar-refractivity contribution < 1.29 is 19.0 Å². The first-order valence-electron chi connectivity index (χ1n) is 10.8. The van der Waals surface area contributed by atoms with Crippen LogP contribution in [0, 0.1) is 0 Å². The van der Waals surface area contributed by atoms with Gasteiger partial charge in [0.25, 0.3) is 0 Å². The summed E-state index contributed by atoms with van der Waals surface area (Å²) in [5.41, 5.74) is 3.41. The molecule has 0 atom stereocenters. The second-order valence-electron chi connectivity index (χ2n) is 7.92. The maximum Gasteiger partial charge on any atom is 0.319 e. The van der Waals surface area contributed by atoms with Gasteiger partial charge in [0.2, 0.25) is 0 Å². The highest BCUT2D eigenvalue weighted by Crippen LogP contribution is 2.29. The topological polar surface area (TPSA) is 48.0 Å². The Balaban J connectivity index is 1.66. The van der Waals surface area contributed by atoms with Gasteiger partial charge in [-0.1, -0.05) is 55.7 Å². The summed E-state index contributed by atoms with van der Waals surface area (Å²) in [6.45, 7) is 1.94. The second-order valence-corrected chi connectivity index (χ2v) is 7.92. The monoisotopic (exact) mass is 411 g/mol. The van der Waals surface area contributed by atoms with Gasteiger partial charge >= 0.3 is 5.97 Å². The normalized spacial score (nSPS) is 14.6. The van der Waals surface area contributed by atoms with Crippen LogP contribution < -0.4 is 4.74 Å². The highest BCUT2D eigenvalue weighted by Gasteiger charge is 2.16. The zero-order chi connectivity index (χ0) is 21.2. The van der Waals surface area contributed by atoms with Crippen LogP contribution in [0.4, 0.5) is 0 Å². The number of benzene rings is 2. The summed E-state index contributed by atoms with van der Waals surface area (Å²) in [6.07, 6.45) is 6.46. The SMILES string of the molecule is COC(=O)CN(C)CCOc1ccc(-c2ccccc2)cc1COC1CCCCC1. The number of hydrogen-bond donors (Lipinski definition) is 0. The molecule has 0 N–H and O–H groups in total. The van der Waals surface area contributed by atoms with Crippen molar-refractivity contribution in [3.8, 4) is 16.9 Å². The lowest BCUT2D eigenvalue weighted by Gasteiger charge is -2.23. The van der Waals surface area contributed by atoms with Gasteiger partial charge in [0.15, 0.2) is 0 Å². The summed E-state index contributed by atoms with van der Waals surface area (Å²) in [6, 6.07) is 16.6. The fourth-order valence-corrected chi connectivity index (χ4v) is 3.76. The quantitative estimate of drug-likeness (QED) is 0.531. The first-order valence-corrected chi connectivity index (χ1v) is 10.8. The fraction of sp³-hybridized carbons (Fsp3) is 0.480. The number of rotatable bonds is 10. The third-order valence-electron chi connectivity index (χ3n) is 5.55. The largest absolute Gasteiger partial charge is 0.492 e. The van der Waals surface area contributed by atoms with E-state index in [4.69, 9.17) is 14.2 Å². The molecule has 0 unspecified atom stereocenters. The second kappa shape index (κ2) is 11.7. The predicted octanol–water partition coefficient (Wildman–Crippen LogP) is 4.69. The van der Waals surface area contributed by atoms with Crippen LogP contribution in [0.2, 0.25) is 0 Å². The summed E-state index contributed by atoms with van der Waals surface area (Å²) in [4.78, 5) is 13.3. The lowest BCUT2D eigenvalue weighted by molar-refractivity contribution is -0.141. The fourth-order valence-electron chi connectivity index (χ4n) is 3.76. The molecule has 5 nitrogen and oxygen atoms in total. The van der Waals surface area contributed by atoms with E-state index in [2.05, 4.69) is 36.4 Å². The number of esters is 1. The molecule has 2 aromatic carbocycles. The van der Waals surface area contributed by atoms with E-state index in [-0.39, 0.29) is 12.5 Å². The molecule has 0 spiro atoms. The minimum Gasteiger partial charge on any atom is -0.492 e. The van der Waals surface area contributed by atoms with E-state index in [1.807, 2.05) is 24.1 Å². The van der Waals surface area contributed by atoms with E-state index in [1.165, 1.54) is 31.9 Å². The lowest BCUT2D eigenvalue weighted by Crippen LogP contribution is -2.30. The van der Waals surface area contributed by atoms with Crippen LogP contribution in [-0.2, 0) is 20.9 Å². The molecule has 0 aliphatic heterocycles. The molecule has 0 bridgehead atoms. The minimum absolute atomic E-state index is 0.244. The molecule has 1 fully saturated rings. The Bertz CT molecular complexity index is 787. The van der Waals surface area contributed by atoms with Crippen molar-refractivity contribution in [1.29, 1.82) is 0 Å². The number of carbonyl (C=O) groups excluding carboxylic acids is 1. The van der Waals surface area contributed by atoms with Crippen molar-refractivity contribution in [2.45, 2.75) is 44.8 Å². The third kappa shape index (κ3) is 6.85. The van der Waals surface area contributed by atoms with Crippen LogP contribution in [0.1, 0.15) is 37.7 Å². The van der Waals surface area contributed by atoms with E-state index < -0.39 is 0 Å². The molecule has 5 heteroatoms. The van der Waals surface area contributed by atoms with Crippen molar-refractivity contribution >= 4 is 5.97 Å². The Labute approximate surface area is 179 Å². The van der Waals surface area contributed by atoms with E-state index in [9.17, 15) is 4.79 Å². The van der Waals surface area contributed by atoms with Crippen LogP contribution in [0.15, 0.2) is 48.5 Å². The molecule has 2 aromatic rings. The Morgan fingerprint density at radius 2 is 1.80 bits per heavy atom. The minimum atomic E-state index is -0.244. The number of carbonyl (C=O) groups is 1. The molecule has 1 aliphatic carbocycles. The first kappa shape index (κ1) is 22.3. The third-order valence-corrected chi connectivity index (χ3v) is 5.55. The van der Waals surface area contributed by atoms with Crippen LogP contribution in [-0.4, -0.2) is 50.8 Å². The standard InChI is InChI=1S/C25H33NO4/c1-26(18-25(27)28-2)15-16-29-24-14-13-21(20-9-5-3-6-10-20)17-22(24)19-30-23-11-7-4-8-12-23/h3,5-6,9-10,13-14,17,23H,4,7-8,11-12,15-16,18-19H2,1-2H3. The van der Waals surface area contributed by atoms with Crippen LogP contribution >= 0.6 is 0 Å². The van der Waals surface area contributed by atoms with Gasteiger partial charge in [0.1, 0.15) is 12.4 Å². The first-order chi connectivity index (χ1) is 14.7. The number of hydrogen-bond acceptors (Lipinski definition) is 5. The van der Waals surface area contributed by atoms with Crippen molar-refractivity contribution in [2.24, 2.45) is 0 Å². The van der Waals surface area contributed by atoms with Crippen molar-refractivity contribution in [3.05, 3.63) is 54.1 Å². The number of likely N-dealkylation sites (N-methyl/N-ethyl adjacent to an activating group) is 1. The van der Waals surface area contributed by atoms with Crippen molar-refractivity contribution in [2.75, 3.05) is 33.9 Å². The summed E-state index contributed by atoms with van der Waals surface area (Å²) < 4.78 is 17.0. The molecule has 0 amide bonds. The van der Waals surface area contributed by atoms with Gasteiger partial charge in [-0.15, -0.1) is 0 Å². The number of ether oxygens (including phenoxy) is 3. The molecular formula is C25H33NO4. The Morgan fingerprint density at radius 1 is 1.03 bits per heavy atom. The Morgan fingerprint density at radius 3 is 2.53 bits per heavy atom. The van der Waals surface area contributed by atoms with E-state index >= 15 is 0 Å². The summed E-state index contributed by atoms with van der Waals surface area (Å²) in [5, 5.41) is 0. The summed E-state index contributed by atoms with van der Waals surface area (Å²) in [5.74, 6) is 0.600. The molecule has 0 saturated heterocycles. The maximum atomic E-state index is 11.4. The van der Waals surface area contributed by atoms with Gasteiger partial charge < -0.3 is 14.2 Å². The van der Waals surface area contributed by atoms with E-state index in [1.54, 1.807) is 0 Å². The smallest absolute Gasteiger partial charge is 0.319 e. The van der Waals surface area contributed by atoms with Crippen molar-refractivity contribution in [3.63, 3.8) is 0 Å². The van der Waals surface area contributed by atoms with Gasteiger partial charge in [-0.05, 0) is 43.1 Å². The molecule has 162 valence electrons. The molecule has 0 heterocycles. The highest BCUT2D eigenvalue weighted by atomic mass is 16.5. The van der Waals surface area contributed by atoms with Gasteiger partial charge in [0, 0.05) is 12.1 Å². The molecular weight excluding hydrogens is 378 g/mol. The predicted molar refractivity (Wildman–Crippen MR) is 119 cm³/mol. The van der Waals surface area contributed by atoms with Gasteiger partial charge in [0.05, 0.1) is 26.4 Å². The van der Waals surface area contributed by atoms with Crippen LogP contribution in [0.25, 0.3) is 11.1 Å². The van der Waals surface area contributed by atoms with Gasteiger partial charge in [-0.25, -0.2) is 0 Å². The molecule has 30 heavy (non-hydrogen) atoms. The molecule has 0 radical (unpaired) electrons. The van der Waals surface area contributed by atoms with Crippen molar-refractivity contribution in [1.82, 2.24) is 4.90 Å². The molecule has 3 rings (SSSR count). The zero-order valence-corrected chi connectivity index (χ0v) is 18.1. The van der Waals surface area contributed by atoms with Crippen LogP contribution in [0.5, 0.6) is 5.75 Å². The van der Waals surface area contributed by atoms with E-state index in [0.29, 0.717) is 25.9 Å². The molecule has 0 aromatic heterocycles. The summed E-state index contributed by atoms with van der Waals surface area (Å²) >= 11 is 0. The number of nitrogens with zero attached hydrogens (tertiary/aromatic N) is 1. The average molecular weight is 412 g/mol. The van der Waals surface area contributed by atoms with E-state index in [0.717, 1.165) is 29.7 Å². The van der Waals surface area contributed by atoms with Gasteiger partial charge in [-0.2, -0.15) is 0 Å². The molecule has 1 saturated carbocycles. The highest BCUT2D eigenvalue weighted by molar-refractivity contribution is 5.71. The molecule has 1 aliphatic rings. The zero-order valence-electron chi connectivity index (χ0n) is 18.1. The number of methoxy groups -OCH3 is 1. The summed E-state index contributed by atoms with van der Waals surface area (Å²) in [7, 11) is 3.28. The average Bonchev–Trinajstić information content (AvgIpc) is 2.79. The maximum absolute atomic E-state index is 11.4. The lowest BCUT2D eigenvalue weighted by atomic mass is 9.97. The van der Waals surface area contributed by atoms with Gasteiger partial charge in [-0.3, -0.25) is 9.69 Å². The van der Waals surface area contributed by atoms with Crippen LogP contribution in [0.3, 0.4) is 0 Å². The Kier molecular flexibility index (Phi) is 8.72.